The third-order valence-electron chi connectivity index (χ3n) is 4.72. The summed E-state index contributed by atoms with van der Waals surface area (Å²) in [4.78, 5) is 26.7. The van der Waals surface area contributed by atoms with E-state index in [-0.39, 0.29) is 6.04 Å². The Hall–Kier alpha value is -2.28. The molecule has 7 heteroatoms. The number of carbonyl (C=O) groups is 2. The maximum absolute atomic E-state index is 11.8. The van der Waals surface area contributed by atoms with Gasteiger partial charge in [0.1, 0.15) is 0 Å². The van der Waals surface area contributed by atoms with Crippen LogP contribution in [0.4, 0.5) is 0 Å². The summed E-state index contributed by atoms with van der Waals surface area (Å²) < 4.78 is 10.6. The van der Waals surface area contributed by atoms with Gasteiger partial charge in [0.15, 0.2) is 11.5 Å². The van der Waals surface area contributed by atoms with Crippen LogP contribution in [0.25, 0.3) is 0 Å². The van der Waals surface area contributed by atoms with Crippen LogP contribution in [0.15, 0.2) is 18.2 Å². The molecule has 25 heavy (non-hydrogen) atoms. The summed E-state index contributed by atoms with van der Waals surface area (Å²) in [6, 6.07) is 6.15. The molecule has 1 atom stereocenters. The second-order valence-electron chi connectivity index (χ2n) is 6.33. The third-order valence-corrected chi connectivity index (χ3v) is 4.72. The highest BCUT2D eigenvalue weighted by atomic mass is 16.5. The zero-order valence-corrected chi connectivity index (χ0v) is 15.2. The molecule has 1 aliphatic rings. The smallest absolute Gasteiger partial charge is 0.311 e. The fraction of sp³-hybridized carbons (Fsp3) is 0.556. The number of benzene rings is 1. The number of piperidine rings is 1. The first-order valence-electron chi connectivity index (χ1n) is 8.46. The topological polar surface area (TPSA) is 85.1 Å². The number of carbonyl (C=O) groups excluding carboxylic acids is 2. The molecule has 0 aromatic heterocycles. The Morgan fingerprint density at radius 2 is 2.00 bits per heavy atom. The number of rotatable bonds is 6. The molecule has 0 saturated carbocycles. The van der Waals surface area contributed by atoms with Crippen molar-refractivity contribution in [1.82, 2.24) is 9.80 Å². The Balaban J connectivity index is 1.92. The molecule has 1 saturated heterocycles. The van der Waals surface area contributed by atoms with Crippen LogP contribution in [0.5, 0.6) is 11.5 Å². The highest BCUT2D eigenvalue weighted by molar-refractivity contribution is 6.34. The lowest BCUT2D eigenvalue weighted by Crippen LogP contribution is -2.51. The van der Waals surface area contributed by atoms with E-state index in [4.69, 9.17) is 15.2 Å². The van der Waals surface area contributed by atoms with E-state index in [9.17, 15) is 9.59 Å². The number of amides is 2. The van der Waals surface area contributed by atoms with Gasteiger partial charge in [-0.1, -0.05) is 6.07 Å². The normalized spacial score (nSPS) is 17.4. The minimum Gasteiger partial charge on any atom is -0.493 e. The number of nitrogens with zero attached hydrogens (tertiary/aromatic N) is 2. The number of methoxy groups -OCH3 is 2. The summed E-state index contributed by atoms with van der Waals surface area (Å²) in [6.45, 7) is 1.99. The third kappa shape index (κ3) is 4.85. The molecule has 0 aliphatic carbocycles. The van der Waals surface area contributed by atoms with Gasteiger partial charge in [-0.25, -0.2) is 0 Å². The summed E-state index contributed by atoms with van der Waals surface area (Å²) in [7, 11) is 5.29. The molecule has 1 fully saturated rings. The zero-order valence-electron chi connectivity index (χ0n) is 15.2. The lowest BCUT2D eigenvalue weighted by atomic mass is 10.0. The van der Waals surface area contributed by atoms with Crippen LogP contribution in [0.3, 0.4) is 0 Å². The molecule has 2 N–H and O–H groups in total. The van der Waals surface area contributed by atoms with E-state index in [1.807, 2.05) is 25.2 Å². The molecule has 0 unspecified atom stereocenters. The van der Waals surface area contributed by atoms with Crippen molar-refractivity contribution in [3.05, 3.63) is 23.8 Å². The molecule has 1 aromatic carbocycles. The number of hydrogen-bond donors (Lipinski definition) is 1. The summed E-state index contributed by atoms with van der Waals surface area (Å²) >= 11 is 0. The highest BCUT2D eigenvalue weighted by Crippen LogP contribution is 2.27. The quantitative estimate of drug-likeness (QED) is 0.763. The van der Waals surface area contributed by atoms with Crippen molar-refractivity contribution in [3.8, 4) is 11.5 Å². The maximum Gasteiger partial charge on any atom is 0.311 e. The predicted octanol–water partition coefficient (Wildman–Crippen LogP) is 0.654. The van der Waals surface area contributed by atoms with Crippen LogP contribution in [0.1, 0.15) is 18.4 Å². The van der Waals surface area contributed by atoms with E-state index >= 15 is 0 Å². The lowest BCUT2D eigenvalue weighted by molar-refractivity contribution is -0.145. The van der Waals surface area contributed by atoms with Crippen molar-refractivity contribution in [2.75, 3.05) is 40.9 Å². The fourth-order valence-corrected chi connectivity index (χ4v) is 3.18. The van der Waals surface area contributed by atoms with E-state index in [1.165, 1.54) is 0 Å². The molecule has 7 nitrogen and oxygen atoms in total. The zero-order chi connectivity index (χ0) is 18.4. The van der Waals surface area contributed by atoms with E-state index in [1.54, 1.807) is 19.1 Å². The Kier molecular flexibility index (Phi) is 6.64. The lowest BCUT2D eigenvalue weighted by Gasteiger charge is -2.37. The first-order chi connectivity index (χ1) is 12.0. The van der Waals surface area contributed by atoms with Gasteiger partial charge < -0.3 is 25.0 Å². The van der Waals surface area contributed by atoms with E-state index in [2.05, 4.69) is 4.90 Å². The van der Waals surface area contributed by atoms with Crippen LogP contribution in [-0.2, 0) is 16.0 Å². The molecule has 1 aliphatic heterocycles. The molecule has 1 aromatic rings. The van der Waals surface area contributed by atoms with Gasteiger partial charge >= 0.3 is 11.8 Å². The number of likely N-dealkylation sites (N-methyl/N-ethyl adjacent to an activating group) is 1. The Bertz CT molecular complexity index is 620. The van der Waals surface area contributed by atoms with E-state index < -0.39 is 11.8 Å². The second-order valence-corrected chi connectivity index (χ2v) is 6.33. The van der Waals surface area contributed by atoms with Gasteiger partial charge in [-0.05, 0) is 44.0 Å². The summed E-state index contributed by atoms with van der Waals surface area (Å²) in [6.07, 6.45) is 2.74. The molecular weight excluding hydrogens is 322 g/mol. The van der Waals surface area contributed by atoms with Gasteiger partial charge in [0, 0.05) is 25.7 Å². The SMILES string of the molecule is COc1ccc(CCN(C)[C@@H]2CCCN(C(=O)C(N)=O)C2)cc1OC. The number of nitrogens with two attached hydrogens (primary N) is 1. The largest absolute Gasteiger partial charge is 0.493 e. The molecule has 2 amide bonds. The molecule has 0 radical (unpaired) electrons. The molecule has 2 rings (SSSR count). The second kappa shape index (κ2) is 8.71. The number of primary amides is 1. The molecular formula is C18H27N3O4. The molecule has 138 valence electrons. The highest BCUT2D eigenvalue weighted by Gasteiger charge is 2.28. The van der Waals surface area contributed by atoms with Crippen LogP contribution >= 0.6 is 0 Å². The molecule has 1 heterocycles. The number of likely N-dealkylation sites (tertiary alicyclic amines) is 1. The Labute approximate surface area is 148 Å². The van der Waals surface area contributed by atoms with E-state index in [0.717, 1.165) is 37.1 Å². The summed E-state index contributed by atoms with van der Waals surface area (Å²) in [5.41, 5.74) is 6.27. The van der Waals surface area contributed by atoms with Crippen LogP contribution in [0, 0.1) is 0 Å². The number of ether oxygens (including phenoxy) is 2. The van der Waals surface area contributed by atoms with Crippen LogP contribution in [-0.4, -0.2) is 68.6 Å². The monoisotopic (exact) mass is 349 g/mol. The predicted molar refractivity (Wildman–Crippen MR) is 94.7 cm³/mol. The van der Waals surface area contributed by atoms with Gasteiger partial charge in [-0.15, -0.1) is 0 Å². The molecule has 0 spiro atoms. The van der Waals surface area contributed by atoms with Gasteiger partial charge in [0.05, 0.1) is 14.2 Å². The minimum atomic E-state index is -0.881. The average Bonchev–Trinajstić information content (AvgIpc) is 2.65. The van der Waals surface area contributed by atoms with Gasteiger partial charge in [0.2, 0.25) is 0 Å². The standard InChI is InChI=1S/C18H27N3O4/c1-20(14-5-4-9-21(12-14)18(23)17(19)22)10-8-13-6-7-15(24-2)16(11-13)25-3/h6-7,11,14H,4-5,8-10,12H2,1-3H3,(H2,19,22)/t14-/m1/s1. The maximum atomic E-state index is 11.8. The van der Waals surface area contributed by atoms with Crippen molar-refractivity contribution in [2.45, 2.75) is 25.3 Å². The first kappa shape index (κ1) is 19.1. The summed E-state index contributed by atoms with van der Waals surface area (Å²) in [5.74, 6) is -0.0299. The van der Waals surface area contributed by atoms with Crippen molar-refractivity contribution < 1.29 is 19.1 Å². The summed E-state index contributed by atoms with van der Waals surface area (Å²) in [5, 5.41) is 0. The average molecular weight is 349 g/mol. The van der Waals surface area contributed by atoms with Crippen molar-refractivity contribution in [3.63, 3.8) is 0 Å². The van der Waals surface area contributed by atoms with E-state index in [0.29, 0.717) is 18.8 Å². The van der Waals surface area contributed by atoms with Crippen molar-refractivity contribution >= 4 is 11.8 Å². The van der Waals surface area contributed by atoms with Gasteiger partial charge in [-0.2, -0.15) is 0 Å². The van der Waals surface area contributed by atoms with Crippen molar-refractivity contribution in [2.24, 2.45) is 5.73 Å². The van der Waals surface area contributed by atoms with Crippen LogP contribution in [0.2, 0.25) is 0 Å². The Morgan fingerprint density at radius 1 is 1.28 bits per heavy atom. The fourth-order valence-electron chi connectivity index (χ4n) is 3.18. The minimum absolute atomic E-state index is 0.234. The van der Waals surface area contributed by atoms with Crippen molar-refractivity contribution in [1.29, 1.82) is 0 Å². The van der Waals surface area contributed by atoms with Gasteiger partial charge in [-0.3, -0.25) is 9.59 Å². The van der Waals surface area contributed by atoms with Gasteiger partial charge in [0.25, 0.3) is 0 Å². The van der Waals surface area contributed by atoms with Crippen LogP contribution < -0.4 is 15.2 Å². The first-order valence-corrected chi connectivity index (χ1v) is 8.46. The Morgan fingerprint density at radius 3 is 2.64 bits per heavy atom. The molecule has 0 bridgehead atoms. The number of hydrogen-bond acceptors (Lipinski definition) is 5.